The van der Waals surface area contributed by atoms with Crippen molar-refractivity contribution in [1.29, 1.82) is 0 Å². The van der Waals surface area contributed by atoms with Crippen LogP contribution in [0.25, 0.3) is 0 Å². The molecule has 0 radical (unpaired) electrons. The zero-order valence-corrected chi connectivity index (χ0v) is 12.3. The maximum Gasteiger partial charge on any atom is 0.146 e. The molecule has 0 saturated heterocycles. The van der Waals surface area contributed by atoms with Gasteiger partial charge in [-0.1, -0.05) is 34.1 Å². The van der Waals surface area contributed by atoms with Crippen LogP contribution in [-0.4, -0.2) is 12.3 Å². The van der Waals surface area contributed by atoms with Crippen LogP contribution < -0.4 is 5.32 Å². The van der Waals surface area contributed by atoms with E-state index in [1.54, 1.807) is 12.1 Å². The van der Waals surface area contributed by atoms with E-state index in [-0.39, 0.29) is 23.9 Å². The van der Waals surface area contributed by atoms with Gasteiger partial charge in [0.2, 0.25) is 0 Å². The smallest absolute Gasteiger partial charge is 0.146 e. The Kier molecular flexibility index (Phi) is 3.57. The zero-order chi connectivity index (χ0) is 14.1. The Bertz CT molecular complexity index is 671. The molecule has 0 aliphatic carbocycles. The first kappa shape index (κ1) is 13.3. The first-order valence-electron chi connectivity index (χ1n) is 6.44. The van der Waals surface area contributed by atoms with E-state index < -0.39 is 0 Å². The van der Waals surface area contributed by atoms with Crippen molar-refractivity contribution < 1.29 is 9.18 Å². The quantitative estimate of drug-likeness (QED) is 0.922. The van der Waals surface area contributed by atoms with E-state index in [1.165, 1.54) is 6.07 Å². The predicted molar refractivity (Wildman–Crippen MR) is 80.5 cm³/mol. The van der Waals surface area contributed by atoms with Crippen LogP contribution >= 0.6 is 15.9 Å². The van der Waals surface area contributed by atoms with Gasteiger partial charge in [0.05, 0.1) is 5.92 Å². The van der Waals surface area contributed by atoms with E-state index in [1.807, 2.05) is 24.3 Å². The summed E-state index contributed by atoms with van der Waals surface area (Å²) in [4.78, 5) is 12.4. The molecule has 0 saturated carbocycles. The number of carbonyl (C=O) groups excluding carboxylic acids is 1. The fourth-order valence-corrected chi connectivity index (χ4v) is 2.97. The topological polar surface area (TPSA) is 29.1 Å². The molecule has 0 aromatic heterocycles. The molecule has 2 nitrogen and oxygen atoms in total. The van der Waals surface area contributed by atoms with E-state index in [0.29, 0.717) is 12.1 Å². The molecular formula is C16H13BrFNO. The van der Waals surface area contributed by atoms with Crippen molar-refractivity contribution in [3.63, 3.8) is 0 Å². The molecule has 1 unspecified atom stereocenters. The van der Waals surface area contributed by atoms with Crippen molar-refractivity contribution >= 4 is 27.4 Å². The highest BCUT2D eigenvalue weighted by Gasteiger charge is 2.28. The number of hydrogen-bond donors (Lipinski definition) is 1. The number of para-hydroxylation sites is 1. The lowest BCUT2D eigenvalue weighted by Gasteiger charge is -2.10. The molecule has 1 aliphatic heterocycles. The number of fused-ring (bicyclic) bond motifs is 1. The summed E-state index contributed by atoms with van der Waals surface area (Å²) in [6.07, 6.45) is 0.117. The molecule has 0 bridgehead atoms. The van der Waals surface area contributed by atoms with Crippen molar-refractivity contribution in [1.82, 2.24) is 0 Å². The average Bonchev–Trinajstić information content (AvgIpc) is 2.87. The van der Waals surface area contributed by atoms with Gasteiger partial charge in [0, 0.05) is 23.1 Å². The van der Waals surface area contributed by atoms with Crippen molar-refractivity contribution in [2.45, 2.75) is 12.3 Å². The Hall–Kier alpha value is -1.68. The van der Waals surface area contributed by atoms with Crippen LogP contribution in [0.15, 0.2) is 46.9 Å². The second kappa shape index (κ2) is 5.37. The number of rotatable bonds is 3. The molecule has 0 fully saturated rings. The van der Waals surface area contributed by atoms with Crippen LogP contribution in [0.2, 0.25) is 0 Å². The first-order chi connectivity index (χ1) is 9.65. The van der Waals surface area contributed by atoms with E-state index >= 15 is 0 Å². The maximum absolute atomic E-state index is 13.7. The molecule has 1 aliphatic rings. The van der Waals surface area contributed by atoms with Crippen LogP contribution in [0.3, 0.4) is 0 Å². The third kappa shape index (κ3) is 2.48. The summed E-state index contributed by atoms with van der Waals surface area (Å²) in [6.45, 7) is 0.591. The minimum absolute atomic E-state index is 0.0412. The lowest BCUT2D eigenvalue weighted by atomic mass is 9.92. The summed E-state index contributed by atoms with van der Waals surface area (Å²) in [5.41, 5.74) is 2.45. The maximum atomic E-state index is 13.7. The van der Waals surface area contributed by atoms with Gasteiger partial charge < -0.3 is 5.32 Å². The Labute approximate surface area is 125 Å². The number of carbonyl (C=O) groups is 1. The fraction of sp³-hybridized carbons (Fsp3) is 0.188. The molecule has 20 heavy (non-hydrogen) atoms. The van der Waals surface area contributed by atoms with E-state index in [4.69, 9.17) is 0 Å². The highest BCUT2D eigenvalue weighted by atomic mass is 79.9. The van der Waals surface area contributed by atoms with E-state index in [2.05, 4.69) is 21.2 Å². The van der Waals surface area contributed by atoms with Gasteiger partial charge in [0.15, 0.2) is 0 Å². The zero-order valence-electron chi connectivity index (χ0n) is 10.7. The normalized spacial score (nSPS) is 16.6. The molecule has 0 amide bonds. The molecule has 0 spiro atoms. The Morgan fingerprint density at radius 1 is 1.30 bits per heavy atom. The molecule has 1 atom stereocenters. The van der Waals surface area contributed by atoms with Gasteiger partial charge in [-0.3, -0.25) is 4.79 Å². The number of Topliss-reactive ketones (excluding diaryl/α,β-unsaturated/α-hetero) is 1. The van der Waals surface area contributed by atoms with Crippen LogP contribution in [0.4, 0.5) is 10.1 Å². The van der Waals surface area contributed by atoms with Crippen LogP contribution in [0.5, 0.6) is 0 Å². The summed E-state index contributed by atoms with van der Waals surface area (Å²) in [5.74, 6) is -0.482. The molecule has 2 aromatic rings. The molecule has 1 heterocycles. The number of hydrogen-bond acceptors (Lipinski definition) is 2. The SMILES string of the molecule is O=C(Cc1cc(Br)ccc1F)C1CNc2ccccc21. The van der Waals surface area contributed by atoms with Gasteiger partial charge in [-0.2, -0.15) is 0 Å². The minimum atomic E-state index is -0.333. The van der Waals surface area contributed by atoms with Gasteiger partial charge in [0.1, 0.15) is 11.6 Å². The molecule has 3 rings (SSSR count). The van der Waals surface area contributed by atoms with E-state index in [9.17, 15) is 9.18 Å². The number of halogens is 2. The van der Waals surface area contributed by atoms with Crippen LogP contribution in [0.1, 0.15) is 17.0 Å². The summed E-state index contributed by atoms with van der Waals surface area (Å²) in [5, 5.41) is 3.22. The largest absolute Gasteiger partial charge is 0.384 e. The molecule has 1 N–H and O–H groups in total. The third-order valence-electron chi connectivity index (χ3n) is 3.59. The number of nitrogens with one attached hydrogen (secondary N) is 1. The Morgan fingerprint density at radius 2 is 2.10 bits per heavy atom. The Balaban J connectivity index is 1.83. The monoisotopic (exact) mass is 333 g/mol. The Morgan fingerprint density at radius 3 is 2.95 bits per heavy atom. The molecular weight excluding hydrogens is 321 g/mol. The molecule has 4 heteroatoms. The third-order valence-corrected chi connectivity index (χ3v) is 4.09. The molecule has 102 valence electrons. The lowest BCUT2D eigenvalue weighted by molar-refractivity contribution is -0.119. The number of ketones is 1. The summed E-state index contributed by atoms with van der Waals surface area (Å²) >= 11 is 3.31. The van der Waals surface area contributed by atoms with Crippen molar-refractivity contribution in [2.75, 3.05) is 11.9 Å². The summed E-state index contributed by atoms with van der Waals surface area (Å²) < 4.78 is 14.5. The van der Waals surface area contributed by atoms with Gasteiger partial charge in [0.25, 0.3) is 0 Å². The van der Waals surface area contributed by atoms with Crippen molar-refractivity contribution in [3.8, 4) is 0 Å². The fourth-order valence-electron chi connectivity index (χ4n) is 2.56. The summed E-state index contributed by atoms with van der Waals surface area (Å²) in [6, 6.07) is 12.5. The standard InChI is InChI=1S/C16H13BrFNO/c17-11-5-6-14(18)10(7-11)8-16(20)13-9-19-15-4-2-1-3-12(13)15/h1-7,13,19H,8-9H2. The van der Waals surface area contributed by atoms with Crippen LogP contribution in [-0.2, 0) is 11.2 Å². The lowest BCUT2D eigenvalue weighted by Crippen LogP contribution is -2.17. The van der Waals surface area contributed by atoms with Gasteiger partial charge >= 0.3 is 0 Å². The van der Waals surface area contributed by atoms with Gasteiger partial charge in [-0.05, 0) is 35.4 Å². The minimum Gasteiger partial charge on any atom is -0.384 e. The van der Waals surface area contributed by atoms with Gasteiger partial charge in [-0.25, -0.2) is 4.39 Å². The van der Waals surface area contributed by atoms with Gasteiger partial charge in [-0.15, -0.1) is 0 Å². The number of anilines is 1. The van der Waals surface area contributed by atoms with E-state index in [0.717, 1.165) is 15.7 Å². The molecule has 2 aromatic carbocycles. The second-order valence-electron chi connectivity index (χ2n) is 4.90. The number of benzene rings is 2. The highest BCUT2D eigenvalue weighted by Crippen LogP contribution is 2.32. The van der Waals surface area contributed by atoms with Crippen molar-refractivity contribution in [2.24, 2.45) is 0 Å². The van der Waals surface area contributed by atoms with Crippen LogP contribution in [0, 0.1) is 5.82 Å². The average molecular weight is 334 g/mol. The van der Waals surface area contributed by atoms with Crippen molar-refractivity contribution in [3.05, 3.63) is 63.9 Å². The second-order valence-corrected chi connectivity index (χ2v) is 5.82. The highest BCUT2D eigenvalue weighted by molar-refractivity contribution is 9.10. The predicted octanol–water partition coefficient (Wildman–Crippen LogP) is 3.91. The first-order valence-corrected chi connectivity index (χ1v) is 7.24. The summed E-state index contributed by atoms with van der Waals surface area (Å²) in [7, 11) is 0.